The van der Waals surface area contributed by atoms with E-state index in [4.69, 9.17) is 15.7 Å². The minimum absolute atomic E-state index is 0.0341. The summed E-state index contributed by atoms with van der Waals surface area (Å²) >= 11 is 0. The normalized spacial score (nSPS) is 18.4. The number of ether oxygens (including phenoxy) is 1. The quantitative estimate of drug-likeness (QED) is 0.188. The Labute approximate surface area is 260 Å². The van der Waals surface area contributed by atoms with Crippen molar-refractivity contribution in [2.75, 3.05) is 11.5 Å². The number of rotatable bonds is 8. The maximum Gasteiger partial charge on any atom is 0.433 e. The van der Waals surface area contributed by atoms with Gasteiger partial charge in [-0.2, -0.15) is 44.8 Å². The summed E-state index contributed by atoms with van der Waals surface area (Å²) in [6.45, 7) is 1.42. The molecule has 0 saturated carbocycles. The molecule has 2 aromatic heterocycles. The molecule has 3 heterocycles. The number of unbranched alkanes of at least 4 members (excludes halogenated alkanes) is 1. The number of hydrogen-bond donors (Lipinski definition) is 2. The number of carboxylic acid groups (broad SMARTS) is 1. The van der Waals surface area contributed by atoms with Crippen LogP contribution in [-0.4, -0.2) is 38.4 Å². The van der Waals surface area contributed by atoms with Crippen LogP contribution in [0, 0.1) is 11.3 Å². The number of nitrogens with zero attached hydrogens (tertiary/aromatic N) is 5. The van der Waals surface area contributed by atoms with Gasteiger partial charge in [-0.3, -0.25) is 4.90 Å². The van der Waals surface area contributed by atoms with E-state index < -0.39 is 70.7 Å². The number of nitriles is 1. The summed E-state index contributed by atoms with van der Waals surface area (Å²) in [5, 5.41) is 18.7. The number of halogens is 9. The Morgan fingerprint density at radius 3 is 2.23 bits per heavy atom. The second-order valence-electron chi connectivity index (χ2n) is 10.7. The van der Waals surface area contributed by atoms with Crippen LogP contribution in [0.1, 0.15) is 78.1 Å². The lowest BCUT2D eigenvalue weighted by Gasteiger charge is -2.45. The van der Waals surface area contributed by atoms with Crippen molar-refractivity contribution in [1.29, 1.82) is 5.26 Å². The number of benzene rings is 1. The van der Waals surface area contributed by atoms with Gasteiger partial charge in [0.25, 0.3) is 0 Å². The van der Waals surface area contributed by atoms with E-state index in [1.807, 2.05) is 6.07 Å². The van der Waals surface area contributed by atoms with Crippen LogP contribution >= 0.6 is 0 Å². The molecule has 1 aliphatic heterocycles. The van der Waals surface area contributed by atoms with Gasteiger partial charge < -0.3 is 15.6 Å². The second kappa shape index (κ2) is 12.9. The van der Waals surface area contributed by atoms with Crippen LogP contribution < -0.4 is 15.4 Å². The monoisotopic (exact) mass is 676 g/mol. The summed E-state index contributed by atoms with van der Waals surface area (Å²) in [6.07, 6.45) is -16.6. The van der Waals surface area contributed by atoms with Crippen LogP contribution in [0.5, 0.6) is 5.75 Å². The van der Waals surface area contributed by atoms with Crippen LogP contribution in [0.15, 0.2) is 36.5 Å². The highest BCUT2D eigenvalue weighted by Gasteiger charge is 2.48. The molecule has 252 valence electrons. The molecular formula is C29H25F9N6O3. The number of alkyl halides is 9. The van der Waals surface area contributed by atoms with Crippen molar-refractivity contribution in [2.45, 2.75) is 69.1 Å². The fourth-order valence-electron chi connectivity index (χ4n) is 5.15. The maximum absolute atomic E-state index is 13.7. The van der Waals surface area contributed by atoms with E-state index in [0.717, 1.165) is 12.3 Å². The third-order valence-electron chi connectivity index (χ3n) is 7.44. The molecule has 1 aromatic carbocycles. The highest BCUT2D eigenvalue weighted by Crippen LogP contribution is 2.46. The number of carbonyl (C=O) groups is 1. The van der Waals surface area contributed by atoms with Crippen molar-refractivity contribution in [3.8, 4) is 11.8 Å². The van der Waals surface area contributed by atoms with Crippen LogP contribution in [0.3, 0.4) is 0 Å². The number of nitrogens with two attached hydrogens (primary N) is 1. The Kier molecular flexibility index (Phi) is 9.63. The highest BCUT2D eigenvalue weighted by molar-refractivity contribution is 5.89. The molecule has 1 amide bonds. The number of amides is 1. The summed E-state index contributed by atoms with van der Waals surface area (Å²) in [7, 11) is 0. The van der Waals surface area contributed by atoms with Gasteiger partial charge >= 0.3 is 24.6 Å². The summed E-state index contributed by atoms with van der Waals surface area (Å²) in [4.78, 5) is 25.1. The second-order valence-corrected chi connectivity index (χ2v) is 10.7. The first-order valence-corrected chi connectivity index (χ1v) is 13.8. The summed E-state index contributed by atoms with van der Waals surface area (Å²) in [5.41, 5.74) is -1.19. The Hall–Kier alpha value is -4.66. The average molecular weight is 677 g/mol. The van der Waals surface area contributed by atoms with Crippen molar-refractivity contribution < 1.29 is 54.2 Å². The van der Waals surface area contributed by atoms with E-state index in [1.165, 1.54) is 6.92 Å². The van der Waals surface area contributed by atoms with E-state index in [1.54, 1.807) is 0 Å². The zero-order valence-corrected chi connectivity index (χ0v) is 24.3. The fraction of sp³-hybridized carbons (Fsp3) is 0.414. The summed E-state index contributed by atoms with van der Waals surface area (Å²) in [5.74, 6) is -1.76. The predicted octanol–water partition coefficient (Wildman–Crippen LogP) is 7.29. The van der Waals surface area contributed by atoms with Crippen molar-refractivity contribution in [3.05, 3.63) is 76.1 Å². The Balaban J connectivity index is 1.90. The van der Waals surface area contributed by atoms with Gasteiger partial charge in [0, 0.05) is 12.8 Å². The smallest absolute Gasteiger partial charge is 0.433 e. The van der Waals surface area contributed by atoms with E-state index in [0.29, 0.717) is 23.1 Å². The van der Waals surface area contributed by atoms with Crippen LogP contribution in [0.25, 0.3) is 0 Å². The zero-order chi connectivity index (χ0) is 34.9. The number of anilines is 1. The van der Waals surface area contributed by atoms with Crippen molar-refractivity contribution >= 4 is 11.8 Å². The van der Waals surface area contributed by atoms with E-state index in [2.05, 4.69) is 15.0 Å². The molecule has 0 fully saturated rings. The number of hydrogen-bond acceptors (Lipinski definition) is 7. The van der Waals surface area contributed by atoms with E-state index in [9.17, 15) is 49.4 Å². The van der Waals surface area contributed by atoms with Crippen molar-refractivity contribution in [3.63, 3.8) is 0 Å². The molecule has 0 radical (unpaired) electrons. The molecule has 0 aliphatic carbocycles. The molecular weight excluding hydrogens is 651 g/mol. The minimum Gasteiger partial charge on any atom is -0.490 e. The first-order valence-electron chi connectivity index (χ1n) is 13.8. The first-order chi connectivity index (χ1) is 21.8. The summed E-state index contributed by atoms with van der Waals surface area (Å²) in [6, 6.07) is 4.29. The van der Waals surface area contributed by atoms with Crippen molar-refractivity contribution in [2.24, 2.45) is 5.73 Å². The van der Waals surface area contributed by atoms with Crippen LogP contribution in [-0.2, 0) is 24.9 Å². The molecule has 0 unspecified atom stereocenters. The minimum atomic E-state index is -5.14. The van der Waals surface area contributed by atoms with Gasteiger partial charge in [0.05, 0.1) is 53.0 Å². The predicted molar refractivity (Wildman–Crippen MR) is 145 cm³/mol. The lowest BCUT2D eigenvalue weighted by atomic mass is 9.83. The van der Waals surface area contributed by atoms with Gasteiger partial charge in [-0.15, -0.1) is 0 Å². The van der Waals surface area contributed by atoms with E-state index in [-0.39, 0.29) is 61.3 Å². The molecule has 9 nitrogen and oxygen atoms in total. The van der Waals surface area contributed by atoms with Gasteiger partial charge in [0.1, 0.15) is 17.2 Å². The first kappa shape index (κ1) is 35.2. The lowest BCUT2D eigenvalue weighted by molar-refractivity contribution is -0.143. The molecule has 47 heavy (non-hydrogen) atoms. The molecule has 0 saturated heterocycles. The van der Waals surface area contributed by atoms with Crippen LogP contribution in [0.2, 0.25) is 0 Å². The molecule has 18 heteroatoms. The molecule has 2 atom stereocenters. The molecule has 3 N–H and O–H groups in total. The molecule has 0 spiro atoms. The van der Waals surface area contributed by atoms with Crippen molar-refractivity contribution in [1.82, 2.24) is 15.0 Å². The van der Waals surface area contributed by atoms with Gasteiger partial charge in [-0.05, 0) is 55.2 Å². The third-order valence-corrected chi connectivity index (χ3v) is 7.44. The standard InChI is InChI=1S/C29H25F9N6O3/c1-2-26(40)13-18(23-20(44(26)25(45)46)5-6-22(43-23)29(36,37)38)24-41-14-21(47-8-4-3-7-39)19(42-24)11-15-9-16(27(30,31)32)12-17(10-15)28(33,34)35/h5-6,9-10,12,14,18H,2-4,8,11,13,40H2,1H3,(H,45,46)/t18-,26+/m0/s1. The Bertz CT molecular complexity index is 1660. The largest absolute Gasteiger partial charge is 0.490 e. The van der Waals surface area contributed by atoms with Crippen LogP contribution in [0.4, 0.5) is 50.0 Å². The molecule has 4 rings (SSSR count). The van der Waals surface area contributed by atoms with Gasteiger partial charge in [0.2, 0.25) is 0 Å². The molecule has 0 bridgehead atoms. The Morgan fingerprint density at radius 2 is 1.70 bits per heavy atom. The van der Waals surface area contributed by atoms with Gasteiger partial charge in [-0.25, -0.2) is 19.7 Å². The average Bonchev–Trinajstić information content (AvgIpc) is 2.97. The number of fused-ring (bicyclic) bond motifs is 1. The lowest BCUT2D eigenvalue weighted by Crippen LogP contribution is -2.61. The van der Waals surface area contributed by atoms with Gasteiger partial charge in [-0.1, -0.05) is 6.92 Å². The third kappa shape index (κ3) is 7.67. The zero-order valence-electron chi connectivity index (χ0n) is 24.3. The number of pyridine rings is 1. The molecule has 3 aromatic rings. The maximum atomic E-state index is 13.7. The van der Waals surface area contributed by atoms with Gasteiger partial charge in [0.15, 0.2) is 5.75 Å². The Morgan fingerprint density at radius 1 is 1.06 bits per heavy atom. The fourth-order valence-corrected chi connectivity index (χ4v) is 5.15. The SMILES string of the molecule is CC[C@]1(N)C[C@H](c2ncc(OCCCC#N)c(Cc3cc(C(F)(F)F)cc(C(F)(F)F)c3)n2)c2nc(C(F)(F)F)ccc2N1C(=O)O. The van der Waals surface area contributed by atoms with E-state index >= 15 is 0 Å². The highest BCUT2D eigenvalue weighted by atomic mass is 19.4. The summed E-state index contributed by atoms with van der Waals surface area (Å²) < 4.78 is 128. The topological polar surface area (TPSA) is 138 Å². The number of aromatic nitrogens is 3. The molecule has 1 aliphatic rings.